The van der Waals surface area contributed by atoms with Crippen LogP contribution in [-0.2, 0) is 13.5 Å². The molecule has 1 aromatic heterocycles. The van der Waals surface area contributed by atoms with Crippen molar-refractivity contribution in [2.45, 2.75) is 33.1 Å². The molecule has 0 aromatic carbocycles. The molecular formula is C12H16N2O. The predicted molar refractivity (Wildman–Crippen MR) is 59.6 cm³/mol. The topological polar surface area (TPSA) is 34.9 Å². The molecule has 0 radical (unpaired) electrons. The minimum absolute atomic E-state index is 0.118. The molecule has 15 heavy (non-hydrogen) atoms. The zero-order chi connectivity index (χ0) is 11.3. The molecule has 0 bridgehead atoms. The van der Waals surface area contributed by atoms with E-state index < -0.39 is 0 Å². The van der Waals surface area contributed by atoms with Gasteiger partial charge in [0.1, 0.15) is 5.69 Å². The van der Waals surface area contributed by atoms with E-state index in [1.54, 1.807) is 18.7 Å². The maximum Gasteiger partial charge on any atom is 0.181 e. The van der Waals surface area contributed by atoms with E-state index in [9.17, 15) is 4.79 Å². The lowest BCUT2D eigenvalue weighted by atomic mass is 10.1. The van der Waals surface area contributed by atoms with Crippen LogP contribution in [0.25, 0.3) is 0 Å². The van der Waals surface area contributed by atoms with Crippen molar-refractivity contribution in [2.75, 3.05) is 0 Å². The Morgan fingerprint density at radius 2 is 2.33 bits per heavy atom. The van der Waals surface area contributed by atoms with E-state index >= 15 is 0 Å². The molecule has 3 heteroatoms. The highest BCUT2D eigenvalue weighted by Gasteiger charge is 2.11. The second kappa shape index (κ2) is 5.35. The van der Waals surface area contributed by atoms with Crippen molar-refractivity contribution >= 4 is 5.78 Å². The first-order valence-electron chi connectivity index (χ1n) is 5.14. The number of carbonyl (C=O) groups is 1. The van der Waals surface area contributed by atoms with E-state index in [0.717, 1.165) is 12.1 Å². The summed E-state index contributed by atoms with van der Waals surface area (Å²) in [5.74, 6) is 5.79. The van der Waals surface area contributed by atoms with Crippen LogP contribution in [0.3, 0.4) is 0 Å². The number of rotatable bonds is 4. The fourth-order valence-electron chi connectivity index (χ4n) is 1.39. The van der Waals surface area contributed by atoms with Crippen LogP contribution in [0.5, 0.6) is 0 Å². The summed E-state index contributed by atoms with van der Waals surface area (Å²) in [5, 5.41) is 4.24. The van der Waals surface area contributed by atoms with Crippen LogP contribution in [0.15, 0.2) is 6.07 Å². The summed E-state index contributed by atoms with van der Waals surface area (Å²) in [6, 6.07) is 1.86. The van der Waals surface area contributed by atoms with E-state index in [1.807, 2.05) is 13.0 Å². The molecule has 0 aliphatic carbocycles. The zero-order valence-electron chi connectivity index (χ0n) is 9.50. The van der Waals surface area contributed by atoms with Crippen LogP contribution in [0.2, 0.25) is 0 Å². The van der Waals surface area contributed by atoms with Crippen LogP contribution in [0.4, 0.5) is 0 Å². The standard InChI is InChI=1S/C12H16N2O/c1-4-6-7-8-12(15)11-9-10(5-2)13-14(11)3/h9H,5,7-8H2,1-3H3. The molecule has 1 heterocycles. The molecule has 1 aromatic rings. The molecule has 0 saturated heterocycles. The lowest BCUT2D eigenvalue weighted by molar-refractivity contribution is 0.0975. The van der Waals surface area contributed by atoms with Crippen molar-refractivity contribution < 1.29 is 4.79 Å². The minimum Gasteiger partial charge on any atom is -0.292 e. The number of nitrogens with zero attached hydrogens (tertiary/aromatic N) is 2. The second-order valence-electron chi connectivity index (χ2n) is 3.35. The summed E-state index contributed by atoms with van der Waals surface area (Å²) in [7, 11) is 1.80. The largest absolute Gasteiger partial charge is 0.292 e. The van der Waals surface area contributed by atoms with E-state index in [4.69, 9.17) is 0 Å². The molecule has 0 unspecified atom stereocenters. The van der Waals surface area contributed by atoms with Crippen LogP contribution >= 0.6 is 0 Å². The molecule has 80 valence electrons. The van der Waals surface area contributed by atoms with Gasteiger partial charge >= 0.3 is 0 Å². The van der Waals surface area contributed by atoms with Gasteiger partial charge in [-0.2, -0.15) is 5.10 Å². The number of ketones is 1. The van der Waals surface area contributed by atoms with Crippen LogP contribution in [0.1, 0.15) is 42.9 Å². The number of aryl methyl sites for hydroxylation is 2. The van der Waals surface area contributed by atoms with Gasteiger partial charge in [0.15, 0.2) is 5.78 Å². The Balaban J connectivity index is 2.71. The highest BCUT2D eigenvalue weighted by atomic mass is 16.1. The SMILES string of the molecule is CC#CCCC(=O)c1cc(CC)nn1C. The predicted octanol–water partition coefficient (Wildman–Crippen LogP) is 1.97. The summed E-state index contributed by atoms with van der Waals surface area (Å²) in [6.45, 7) is 3.81. The Kier molecular flexibility index (Phi) is 4.11. The molecule has 0 atom stereocenters. The zero-order valence-corrected chi connectivity index (χ0v) is 9.50. The maximum absolute atomic E-state index is 11.7. The Hall–Kier alpha value is -1.56. The van der Waals surface area contributed by atoms with Crippen molar-refractivity contribution in [3.63, 3.8) is 0 Å². The third kappa shape index (κ3) is 2.95. The summed E-state index contributed by atoms with van der Waals surface area (Å²) in [4.78, 5) is 11.7. The van der Waals surface area contributed by atoms with Gasteiger partial charge < -0.3 is 0 Å². The monoisotopic (exact) mass is 204 g/mol. The number of carbonyl (C=O) groups excluding carboxylic acids is 1. The Morgan fingerprint density at radius 1 is 1.60 bits per heavy atom. The van der Waals surface area contributed by atoms with Crippen molar-refractivity contribution in [3.8, 4) is 11.8 Å². The minimum atomic E-state index is 0.118. The normalized spacial score (nSPS) is 9.53. The second-order valence-corrected chi connectivity index (χ2v) is 3.35. The van der Waals surface area contributed by atoms with E-state index in [0.29, 0.717) is 18.5 Å². The third-order valence-corrected chi connectivity index (χ3v) is 2.23. The summed E-state index contributed by atoms with van der Waals surface area (Å²) in [5.41, 5.74) is 1.65. The van der Waals surface area contributed by atoms with Gasteiger partial charge in [-0.05, 0) is 19.4 Å². The summed E-state index contributed by atoms with van der Waals surface area (Å²) >= 11 is 0. The Bertz CT molecular complexity index is 407. The maximum atomic E-state index is 11.7. The average molecular weight is 204 g/mol. The fraction of sp³-hybridized carbons (Fsp3) is 0.500. The van der Waals surface area contributed by atoms with Gasteiger partial charge in [0.2, 0.25) is 0 Å². The lowest BCUT2D eigenvalue weighted by Crippen LogP contribution is -2.06. The van der Waals surface area contributed by atoms with E-state index in [-0.39, 0.29) is 5.78 Å². The number of hydrogen-bond acceptors (Lipinski definition) is 2. The first-order valence-corrected chi connectivity index (χ1v) is 5.14. The first-order chi connectivity index (χ1) is 7.19. The highest BCUT2D eigenvalue weighted by molar-refractivity contribution is 5.94. The Morgan fingerprint density at radius 3 is 2.87 bits per heavy atom. The quantitative estimate of drug-likeness (QED) is 0.555. The number of Topliss-reactive ketones (excluding diaryl/α,β-unsaturated/α-hetero) is 1. The smallest absolute Gasteiger partial charge is 0.181 e. The van der Waals surface area contributed by atoms with Crippen molar-refractivity contribution in [1.29, 1.82) is 0 Å². The van der Waals surface area contributed by atoms with E-state index in [1.165, 1.54) is 0 Å². The van der Waals surface area contributed by atoms with E-state index in [2.05, 4.69) is 16.9 Å². The molecule has 0 fully saturated rings. The highest BCUT2D eigenvalue weighted by Crippen LogP contribution is 2.07. The molecule has 0 aliphatic rings. The molecular weight excluding hydrogens is 188 g/mol. The molecule has 0 saturated carbocycles. The molecule has 1 rings (SSSR count). The van der Waals surface area contributed by atoms with Gasteiger partial charge in [-0.15, -0.1) is 11.8 Å². The van der Waals surface area contributed by atoms with Gasteiger partial charge in [0, 0.05) is 19.9 Å². The van der Waals surface area contributed by atoms with Crippen LogP contribution in [-0.4, -0.2) is 15.6 Å². The van der Waals surface area contributed by atoms with Gasteiger partial charge in [-0.25, -0.2) is 0 Å². The molecule has 0 spiro atoms. The number of hydrogen-bond donors (Lipinski definition) is 0. The van der Waals surface area contributed by atoms with Crippen LogP contribution in [0, 0.1) is 11.8 Å². The lowest BCUT2D eigenvalue weighted by Gasteiger charge is -1.97. The van der Waals surface area contributed by atoms with Crippen molar-refractivity contribution in [3.05, 3.63) is 17.5 Å². The van der Waals surface area contributed by atoms with Gasteiger partial charge in [0.25, 0.3) is 0 Å². The van der Waals surface area contributed by atoms with Crippen LogP contribution < -0.4 is 0 Å². The van der Waals surface area contributed by atoms with Gasteiger partial charge in [-0.3, -0.25) is 9.48 Å². The summed E-state index contributed by atoms with van der Waals surface area (Å²) in [6.07, 6.45) is 1.96. The third-order valence-electron chi connectivity index (χ3n) is 2.23. The molecule has 0 aliphatic heterocycles. The fourth-order valence-corrected chi connectivity index (χ4v) is 1.39. The average Bonchev–Trinajstić information content (AvgIpc) is 2.60. The summed E-state index contributed by atoms with van der Waals surface area (Å²) < 4.78 is 1.65. The van der Waals surface area contributed by atoms with Crippen molar-refractivity contribution in [1.82, 2.24) is 9.78 Å². The molecule has 0 amide bonds. The Labute approximate surface area is 90.5 Å². The molecule has 0 N–H and O–H groups in total. The van der Waals surface area contributed by atoms with Crippen molar-refractivity contribution in [2.24, 2.45) is 7.05 Å². The number of aromatic nitrogens is 2. The molecule has 3 nitrogen and oxygen atoms in total. The van der Waals surface area contributed by atoms with Gasteiger partial charge in [-0.1, -0.05) is 6.92 Å². The van der Waals surface area contributed by atoms with Gasteiger partial charge in [0.05, 0.1) is 5.69 Å². The first kappa shape index (κ1) is 11.5.